The number of fused-ring (bicyclic) bond motifs is 1. The van der Waals surface area contributed by atoms with Gasteiger partial charge in [-0.15, -0.1) is 23.1 Å². The van der Waals surface area contributed by atoms with E-state index in [2.05, 4.69) is 16.9 Å². The van der Waals surface area contributed by atoms with E-state index in [0.717, 1.165) is 41.4 Å². The lowest BCUT2D eigenvalue weighted by molar-refractivity contribution is 0.129. The number of ether oxygens (including phenoxy) is 1. The van der Waals surface area contributed by atoms with E-state index in [1.165, 1.54) is 11.3 Å². The molecule has 0 amide bonds. The van der Waals surface area contributed by atoms with Gasteiger partial charge < -0.3 is 14.1 Å². The molecular formula is C17H18N2O3S2. The van der Waals surface area contributed by atoms with Crippen molar-refractivity contribution in [1.82, 2.24) is 9.97 Å². The third kappa shape index (κ3) is 3.03. The van der Waals surface area contributed by atoms with Crippen LogP contribution in [0.4, 0.5) is 0 Å². The van der Waals surface area contributed by atoms with Gasteiger partial charge in [0.15, 0.2) is 0 Å². The van der Waals surface area contributed by atoms with E-state index in [1.807, 2.05) is 17.5 Å². The SMILES string of the molecule is C[C@@H](SC[C@H]1CCCO1)c1nc2scc(-c3ccco3)c2c(=O)[nH]1. The number of aromatic nitrogens is 2. The van der Waals surface area contributed by atoms with Crippen LogP contribution in [0.5, 0.6) is 0 Å². The molecule has 0 aromatic carbocycles. The Balaban J connectivity index is 1.60. The molecule has 3 aromatic rings. The number of hydrogen-bond acceptors (Lipinski definition) is 6. The first kappa shape index (κ1) is 15.9. The summed E-state index contributed by atoms with van der Waals surface area (Å²) in [5.41, 5.74) is 0.701. The van der Waals surface area contributed by atoms with Crippen molar-refractivity contribution in [2.45, 2.75) is 31.1 Å². The molecule has 1 N–H and O–H groups in total. The second-order valence-electron chi connectivity index (χ2n) is 5.87. The fraction of sp³-hybridized carbons (Fsp3) is 0.412. The second kappa shape index (κ2) is 6.74. The van der Waals surface area contributed by atoms with Crippen LogP contribution >= 0.6 is 23.1 Å². The zero-order valence-corrected chi connectivity index (χ0v) is 14.9. The molecule has 3 aromatic heterocycles. The molecule has 4 rings (SSSR count). The van der Waals surface area contributed by atoms with Gasteiger partial charge in [-0.05, 0) is 31.9 Å². The van der Waals surface area contributed by atoms with Crippen LogP contribution in [-0.4, -0.2) is 28.4 Å². The number of hydrogen-bond donors (Lipinski definition) is 1. The summed E-state index contributed by atoms with van der Waals surface area (Å²) in [5, 5.41) is 2.66. The highest BCUT2D eigenvalue weighted by Crippen LogP contribution is 2.33. The molecule has 1 fully saturated rings. The minimum atomic E-state index is -0.104. The summed E-state index contributed by atoms with van der Waals surface area (Å²) in [7, 11) is 0. The van der Waals surface area contributed by atoms with E-state index in [9.17, 15) is 4.79 Å². The van der Waals surface area contributed by atoms with Gasteiger partial charge >= 0.3 is 0 Å². The van der Waals surface area contributed by atoms with Crippen LogP contribution in [0, 0.1) is 0 Å². The second-order valence-corrected chi connectivity index (χ2v) is 8.10. The van der Waals surface area contributed by atoms with Crippen molar-refractivity contribution in [2.24, 2.45) is 0 Å². The maximum absolute atomic E-state index is 12.6. The molecule has 2 atom stereocenters. The normalized spacial score (nSPS) is 19.1. The van der Waals surface area contributed by atoms with Gasteiger partial charge in [-0.3, -0.25) is 4.79 Å². The van der Waals surface area contributed by atoms with Crippen molar-refractivity contribution < 1.29 is 9.15 Å². The molecule has 0 saturated carbocycles. The summed E-state index contributed by atoms with van der Waals surface area (Å²) >= 11 is 3.25. The molecule has 1 aliphatic heterocycles. The highest BCUT2D eigenvalue weighted by atomic mass is 32.2. The summed E-state index contributed by atoms with van der Waals surface area (Å²) < 4.78 is 11.1. The van der Waals surface area contributed by atoms with Gasteiger partial charge in [0.05, 0.1) is 23.0 Å². The molecule has 4 heterocycles. The topological polar surface area (TPSA) is 68.1 Å². The Morgan fingerprint density at radius 2 is 2.46 bits per heavy atom. The number of rotatable bonds is 5. The lowest BCUT2D eigenvalue weighted by Gasteiger charge is -2.13. The standard InChI is InChI=1S/C17H18N2O3S2/c1-10(23-8-11-4-2-6-21-11)15-18-16(20)14-12(9-24-17(14)19-15)13-5-3-7-22-13/h3,5,7,9-11H,2,4,6,8H2,1H3,(H,18,19,20)/t10-,11-/m1/s1. The molecule has 0 radical (unpaired) electrons. The van der Waals surface area contributed by atoms with Crippen molar-refractivity contribution in [3.8, 4) is 11.3 Å². The zero-order valence-electron chi connectivity index (χ0n) is 13.3. The van der Waals surface area contributed by atoms with Crippen molar-refractivity contribution in [3.63, 3.8) is 0 Å². The molecule has 7 heteroatoms. The number of nitrogens with one attached hydrogen (secondary N) is 1. The average molecular weight is 362 g/mol. The van der Waals surface area contributed by atoms with Crippen molar-refractivity contribution in [1.29, 1.82) is 0 Å². The summed E-state index contributed by atoms with van der Waals surface area (Å²) in [6.45, 7) is 2.94. The highest BCUT2D eigenvalue weighted by Gasteiger charge is 2.20. The maximum Gasteiger partial charge on any atom is 0.260 e. The molecule has 0 spiro atoms. The third-order valence-corrected chi connectivity index (χ3v) is 6.35. The fourth-order valence-electron chi connectivity index (χ4n) is 2.88. The molecule has 5 nitrogen and oxygen atoms in total. The van der Waals surface area contributed by atoms with Gasteiger partial charge in [-0.2, -0.15) is 0 Å². The molecule has 0 unspecified atom stereocenters. The van der Waals surface area contributed by atoms with Gasteiger partial charge in [0, 0.05) is 23.3 Å². The van der Waals surface area contributed by atoms with Gasteiger partial charge in [0.2, 0.25) is 0 Å². The quantitative estimate of drug-likeness (QED) is 0.736. The maximum atomic E-state index is 12.6. The lowest BCUT2D eigenvalue weighted by atomic mass is 10.2. The number of furan rings is 1. The first-order chi connectivity index (χ1) is 11.7. The summed E-state index contributed by atoms with van der Waals surface area (Å²) in [6, 6.07) is 3.67. The first-order valence-electron chi connectivity index (χ1n) is 8.01. The molecule has 126 valence electrons. The molecule has 1 saturated heterocycles. The van der Waals surface area contributed by atoms with Gasteiger partial charge in [0.25, 0.3) is 5.56 Å². The number of aromatic amines is 1. The van der Waals surface area contributed by atoms with Gasteiger partial charge in [-0.25, -0.2) is 4.98 Å². The van der Waals surface area contributed by atoms with Crippen LogP contribution in [0.25, 0.3) is 21.5 Å². The van der Waals surface area contributed by atoms with E-state index in [0.29, 0.717) is 17.3 Å². The minimum absolute atomic E-state index is 0.104. The Labute approximate surface area is 147 Å². The Hall–Kier alpha value is -1.57. The summed E-state index contributed by atoms with van der Waals surface area (Å²) in [4.78, 5) is 21.0. The molecule has 0 aliphatic carbocycles. The van der Waals surface area contributed by atoms with Crippen LogP contribution in [0.3, 0.4) is 0 Å². The predicted molar refractivity (Wildman–Crippen MR) is 97.8 cm³/mol. The number of H-pyrrole nitrogens is 1. The monoisotopic (exact) mass is 362 g/mol. The molecular weight excluding hydrogens is 344 g/mol. The van der Waals surface area contributed by atoms with Crippen LogP contribution in [0.2, 0.25) is 0 Å². The van der Waals surface area contributed by atoms with Crippen LogP contribution in [0.1, 0.15) is 30.8 Å². The fourth-order valence-corrected chi connectivity index (χ4v) is 4.85. The average Bonchev–Trinajstić information content (AvgIpc) is 3.31. The predicted octanol–water partition coefficient (Wildman–Crippen LogP) is 4.22. The highest BCUT2D eigenvalue weighted by molar-refractivity contribution is 7.99. The summed E-state index contributed by atoms with van der Waals surface area (Å²) in [6.07, 6.45) is 4.21. The number of thiophene rings is 1. The van der Waals surface area contributed by atoms with E-state index in [4.69, 9.17) is 9.15 Å². The summed E-state index contributed by atoms with van der Waals surface area (Å²) in [5.74, 6) is 2.36. The largest absolute Gasteiger partial charge is 0.464 e. The molecule has 24 heavy (non-hydrogen) atoms. The van der Waals surface area contributed by atoms with Crippen LogP contribution < -0.4 is 5.56 Å². The van der Waals surface area contributed by atoms with E-state index in [1.54, 1.807) is 18.0 Å². The smallest absolute Gasteiger partial charge is 0.260 e. The number of nitrogens with zero attached hydrogens (tertiary/aromatic N) is 1. The first-order valence-corrected chi connectivity index (χ1v) is 9.93. The van der Waals surface area contributed by atoms with E-state index >= 15 is 0 Å². The van der Waals surface area contributed by atoms with Crippen LogP contribution in [0.15, 0.2) is 33.0 Å². The number of thioether (sulfide) groups is 1. The van der Waals surface area contributed by atoms with E-state index < -0.39 is 0 Å². The van der Waals surface area contributed by atoms with Gasteiger partial charge in [-0.1, -0.05) is 0 Å². The minimum Gasteiger partial charge on any atom is -0.464 e. The van der Waals surface area contributed by atoms with E-state index in [-0.39, 0.29) is 10.8 Å². The Morgan fingerprint density at radius 1 is 1.54 bits per heavy atom. The van der Waals surface area contributed by atoms with Crippen LogP contribution in [-0.2, 0) is 4.74 Å². The zero-order chi connectivity index (χ0) is 16.5. The van der Waals surface area contributed by atoms with Crippen molar-refractivity contribution >= 4 is 33.3 Å². The third-order valence-electron chi connectivity index (χ3n) is 4.19. The Kier molecular flexibility index (Phi) is 4.47. The Morgan fingerprint density at radius 3 is 3.21 bits per heavy atom. The molecule has 1 aliphatic rings. The van der Waals surface area contributed by atoms with Crippen molar-refractivity contribution in [3.05, 3.63) is 40.0 Å². The molecule has 0 bridgehead atoms. The van der Waals surface area contributed by atoms with Gasteiger partial charge in [0.1, 0.15) is 16.4 Å². The lowest BCUT2D eigenvalue weighted by Crippen LogP contribution is -2.14. The Bertz CT molecular complexity index is 879. The van der Waals surface area contributed by atoms with Crippen molar-refractivity contribution in [2.75, 3.05) is 12.4 Å².